The number of nitrogens with zero attached hydrogens (tertiary/aromatic N) is 2. The highest BCUT2D eigenvalue weighted by Gasteiger charge is 2.28. The Hall–Kier alpha value is -2.22. The first-order chi connectivity index (χ1) is 11.1. The standard InChI is InChI=1S/C18H24N2O3/c1-13-6-8-20(9-7-13)18(21)15(12-19)10-14-11-16(22-2)4-5-17(14)23-3/h4-5,11,13,15H,6-10H2,1-3H3. The topological polar surface area (TPSA) is 62.6 Å². The number of likely N-dealkylation sites (tertiary alicyclic amines) is 1. The van der Waals surface area contributed by atoms with Crippen LogP contribution in [-0.4, -0.2) is 38.1 Å². The van der Waals surface area contributed by atoms with Crippen molar-refractivity contribution in [3.63, 3.8) is 0 Å². The summed E-state index contributed by atoms with van der Waals surface area (Å²) in [4.78, 5) is 14.4. The summed E-state index contributed by atoms with van der Waals surface area (Å²) in [5.41, 5.74) is 0.817. The lowest BCUT2D eigenvalue weighted by molar-refractivity contribution is -0.135. The fraction of sp³-hybridized carbons (Fsp3) is 0.556. The molecule has 23 heavy (non-hydrogen) atoms. The summed E-state index contributed by atoms with van der Waals surface area (Å²) in [5, 5.41) is 9.46. The van der Waals surface area contributed by atoms with Crippen LogP contribution in [0.1, 0.15) is 25.3 Å². The van der Waals surface area contributed by atoms with E-state index < -0.39 is 5.92 Å². The molecular weight excluding hydrogens is 292 g/mol. The number of hydrogen-bond acceptors (Lipinski definition) is 4. The molecule has 0 bridgehead atoms. The van der Waals surface area contributed by atoms with Crippen molar-refractivity contribution in [2.24, 2.45) is 11.8 Å². The van der Waals surface area contributed by atoms with Crippen molar-refractivity contribution < 1.29 is 14.3 Å². The summed E-state index contributed by atoms with van der Waals surface area (Å²) in [6.45, 7) is 3.69. The lowest BCUT2D eigenvalue weighted by Gasteiger charge is -2.31. The van der Waals surface area contributed by atoms with Gasteiger partial charge in [-0.2, -0.15) is 5.26 Å². The normalized spacial score (nSPS) is 16.5. The number of hydrogen-bond donors (Lipinski definition) is 0. The van der Waals surface area contributed by atoms with Gasteiger partial charge < -0.3 is 14.4 Å². The third-order valence-electron chi connectivity index (χ3n) is 4.46. The largest absolute Gasteiger partial charge is 0.497 e. The zero-order valence-electron chi connectivity index (χ0n) is 14.0. The number of nitriles is 1. The van der Waals surface area contributed by atoms with Gasteiger partial charge in [0.1, 0.15) is 17.4 Å². The fourth-order valence-electron chi connectivity index (χ4n) is 2.90. The van der Waals surface area contributed by atoms with Crippen molar-refractivity contribution in [3.05, 3.63) is 23.8 Å². The molecule has 1 heterocycles. The second kappa shape index (κ2) is 7.87. The van der Waals surface area contributed by atoms with E-state index in [1.54, 1.807) is 26.4 Å². The van der Waals surface area contributed by atoms with Gasteiger partial charge in [-0.05, 0) is 42.5 Å². The minimum atomic E-state index is -0.690. The first kappa shape index (κ1) is 17.1. The molecule has 2 rings (SSSR count). The third-order valence-corrected chi connectivity index (χ3v) is 4.46. The van der Waals surface area contributed by atoms with Crippen LogP contribution in [0.4, 0.5) is 0 Å². The van der Waals surface area contributed by atoms with Crippen LogP contribution in [0.2, 0.25) is 0 Å². The number of ether oxygens (including phenoxy) is 2. The molecule has 0 saturated carbocycles. The SMILES string of the molecule is COc1ccc(OC)c(CC(C#N)C(=O)N2CCC(C)CC2)c1. The van der Waals surface area contributed by atoms with Crippen LogP contribution in [0.15, 0.2) is 18.2 Å². The van der Waals surface area contributed by atoms with Gasteiger partial charge in [0.15, 0.2) is 0 Å². The van der Waals surface area contributed by atoms with Gasteiger partial charge in [-0.3, -0.25) is 4.79 Å². The molecule has 1 saturated heterocycles. The molecule has 5 nitrogen and oxygen atoms in total. The van der Waals surface area contributed by atoms with E-state index >= 15 is 0 Å². The molecule has 0 radical (unpaired) electrons. The second-order valence-electron chi connectivity index (χ2n) is 6.07. The molecule has 1 unspecified atom stereocenters. The number of rotatable bonds is 5. The van der Waals surface area contributed by atoms with E-state index in [0.29, 0.717) is 23.8 Å². The molecule has 1 aliphatic rings. The smallest absolute Gasteiger partial charge is 0.240 e. The molecule has 1 fully saturated rings. The van der Waals surface area contributed by atoms with Crippen molar-refractivity contribution in [2.75, 3.05) is 27.3 Å². The summed E-state index contributed by atoms with van der Waals surface area (Å²) in [7, 11) is 3.17. The Labute approximate surface area is 137 Å². The Morgan fingerprint density at radius 3 is 2.61 bits per heavy atom. The molecule has 0 aromatic heterocycles. The molecule has 1 amide bonds. The van der Waals surface area contributed by atoms with Crippen molar-refractivity contribution >= 4 is 5.91 Å². The minimum absolute atomic E-state index is 0.0794. The summed E-state index contributed by atoms with van der Waals surface area (Å²) in [6.07, 6.45) is 2.35. The Morgan fingerprint density at radius 2 is 2.04 bits per heavy atom. The van der Waals surface area contributed by atoms with Crippen LogP contribution in [0.3, 0.4) is 0 Å². The molecule has 1 aromatic carbocycles. The minimum Gasteiger partial charge on any atom is -0.497 e. The van der Waals surface area contributed by atoms with Crippen molar-refractivity contribution in [3.8, 4) is 17.6 Å². The fourth-order valence-corrected chi connectivity index (χ4v) is 2.90. The average Bonchev–Trinajstić information content (AvgIpc) is 2.59. The maximum Gasteiger partial charge on any atom is 0.240 e. The predicted octanol–water partition coefficient (Wildman–Crippen LogP) is 2.64. The van der Waals surface area contributed by atoms with E-state index in [9.17, 15) is 10.1 Å². The van der Waals surface area contributed by atoms with Gasteiger partial charge in [0.05, 0.1) is 20.3 Å². The molecule has 1 atom stereocenters. The number of amides is 1. The molecule has 5 heteroatoms. The number of carbonyl (C=O) groups excluding carboxylic acids is 1. The molecular formula is C18H24N2O3. The van der Waals surface area contributed by atoms with Gasteiger partial charge in [0, 0.05) is 19.5 Å². The molecule has 124 valence electrons. The summed E-state index contributed by atoms with van der Waals surface area (Å²) in [5.74, 6) is 1.25. The lowest BCUT2D eigenvalue weighted by atomic mass is 9.95. The Bertz CT molecular complexity index is 586. The second-order valence-corrected chi connectivity index (χ2v) is 6.07. The molecule has 1 aromatic rings. The highest BCUT2D eigenvalue weighted by atomic mass is 16.5. The van der Waals surface area contributed by atoms with Gasteiger partial charge >= 0.3 is 0 Å². The zero-order chi connectivity index (χ0) is 16.8. The van der Waals surface area contributed by atoms with Crippen molar-refractivity contribution in [2.45, 2.75) is 26.2 Å². The predicted molar refractivity (Wildman–Crippen MR) is 87.3 cm³/mol. The number of piperidine rings is 1. The van der Waals surface area contributed by atoms with Crippen molar-refractivity contribution in [1.82, 2.24) is 4.90 Å². The van der Waals surface area contributed by atoms with E-state index in [0.717, 1.165) is 31.5 Å². The maximum atomic E-state index is 12.6. The van der Waals surface area contributed by atoms with E-state index in [-0.39, 0.29) is 5.91 Å². The Morgan fingerprint density at radius 1 is 1.35 bits per heavy atom. The summed E-state index contributed by atoms with van der Waals surface area (Å²) >= 11 is 0. The Kier molecular flexibility index (Phi) is 5.86. The quantitative estimate of drug-likeness (QED) is 0.838. The average molecular weight is 316 g/mol. The molecule has 0 aliphatic carbocycles. The van der Waals surface area contributed by atoms with E-state index in [1.165, 1.54) is 0 Å². The van der Waals surface area contributed by atoms with Crippen molar-refractivity contribution in [1.29, 1.82) is 5.26 Å². The number of benzene rings is 1. The van der Waals surface area contributed by atoms with Crippen LogP contribution in [0, 0.1) is 23.2 Å². The zero-order valence-corrected chi connectivity index (χ0v) is 14.0. The van der Waals surface area contributed by atoms with E-state index in [2.05, 4.69) is 13.0 Å². The van der Waals surface area contributed by atoms with E-state index in [1.807, 2.05) is 11.0 Å². The summed E-state index contributed by atoms with van der Waals surface area (Å²) < 4.78 is 10.6. The molecule has 1 aliphatic heterocycles. The molecule has 0 spiro atoms. The molecule has 0 N–H and O–H groups in total. The van der Waals surface area contributed by atoms with Gasteiger partial charge in [-0.1, -0.05) is 6.92 Å². The van der Waals surface area contributed by atoms with Gasteiger partial charge in [-0.15, -0.1) is 0 Å². The lowest BCUT2D eigenvalue weighted by Crippen LogP contribution is -2.41. The number of carbonyl (C=O) groups is 1. The van der Waals surface area contributed by atoms with E-state index in [4.69, 9.17) is 9.47 Å². The van der Waals surface area contributed by atoms with Crippen LogP contribution in [0.5, 0.6) is 11.5 Å². The van der Waals surface area contributed by atoms with Crippen LogP contribution in [-0.2, 0) is 11.2 Å². The van der Waals surface area contributed by atoms with Crippen LogP contribution >= 0.6 is 0 Å². The first-order valence-corrected chi connectivity index (χ1v) is 7.98. The van der Waals surface area contributed by atoms with Crippen LogP contribution < -0.4 is 9.47 Å². The summed E-state index contributed by atoms with van der Waals surface area (Å²) in [6, 6.07) is 7.59. The van der Waals surface area contributed by atoms with Gasteiger partial charge in [0.2, 0.25) is 5.91 Å². The monoisotopic (exact) mass is 316 g/mol. The first-order valence-electron chi connectivity index (χ1n) is 7.98. The number of methoxy groups -OCH3 is 2. The maximum absolute atomic E-state index is 12.6. The highest BCUT2D eigenvalue weighted by molar-refractivity contribution is 5.81. The highest BCUT2D eigenvalue weighted by Crippen LogP contribution is 2.27. The van der Waals surface area contributed by atoms with Gasteiger partial charge in [0.25, 0.3) is 0 Å². The third kappa shape index (κ3) is 4.16. The van der Waals surface area contributed by atoms with Gasteiger partial charge in [-0.25, -0.2) is 0 Å². The Balaban J connectivity index is 2.13. The van der Waals surface area contributed by atoms with Crippen LogP contribution in [0.25, 0.3) is 0 Å².